The zero-order chi connectivity index (χ0) is 15.8. The van der Waals surface area contributed by atoms with Gasteiger partial charge in [0.2, 0.25) is 10.0 Å². The van der Waals surface area contributed by atoms with E-state index >= 15 is 0 Å². The molecule has 0 aromatic heterocycles. The minimum Gasteiger partial charge on any atom is -0.481 e. The van der Waals surface area contributed by atoms with Crippen molar-refractivity contribution in [1.82, 2.24) is 4.31 Å². The largest absolute Gasteiger partial charge is 0.481 e. The lowest BCUT2D eigenvalue weighted by Gasteiger charge is -2.36. The Kier molecular flexibility index (Phi) is 4.08. The molecule has 116 valence electrons. The van der Waals surface area contributed by atoms with Crippen LogP contribution in [0, 0.1) is 18.2 Å². The van der Waals surface area contributed by atoms with Crippen LogP contribution < -0.4 is 0 Å². The summed E-state index contributed by atoms with van der Waals surface area (Å²) in [6, 6.07) is 3.49. The number of piperidine rings is 1. The normalized spacial score (nSPS) is 24.0. The van der Waals surface area contributed by atoms with Gasteiger partial charge in [0, 0.05) is 13.1 Å². The van der Waals surface area contributed by atoms with Crippen LogP contribution in [-0.2, 0) is 14.8 Å². The Hall–Kier alpha value is -1.47. The Morgan fingerprint density at radius 3 is 2.67 bits per heavy atom. The predicted octanol–water partition coefficient (Wildman–Crippen LogP) is 2.01. The Morgan fingerprint density at radius 1 is 1.43 bits per heavy atom. The van der Waals surface area contributed by atoms with Crippen molar-refractivity contribution in [2.75, 3.05) is 13.1 Å². The topological polar surface area (TPSA) is 74.7 Å². The van der Waals surface area contributed by atoms with Gasteiger partial charge in [0.1, 0.15) is 5.82 Å². The fraction of sp³-hybridized carbons (Fsp3) is 0.500. The highest BCUT2D eigenvalue weighted by Gasteiger charge is 2.42. The second kappa shape index (κ2) is 5.38. The predicted molar refractivity (Wildman–Crippen MR) is 74.9 cm³/mol. The van der Waals surface area contributed by atoms with Gasteiger partial charge in [0.05, 0.1) is 10.3 Å². The molecule has 1 aromatic carbocycles. The van der Waals surface area contributed by atoms with Crippen molar-refractivity contribution in [3.8, 4) is 0 Å². The maximum atomic E-state index is 13.1. The first-order chi connectivity index (χ1) is 9.67. The lowest BCUT2D eigenvalue weighted by atomic mass is 9.83. The number of aryl methyl sites for hydroxylation is 1. The number of hydrogen-bond acceptors (Lipinski definition) is 3. The molecule has 7 heteroatoms. The van der Waals surface area contributed by atoms with Crippen LogP contribution in [0.1, 0.15) is 25.3 Å². The van der Waals surface area contributed by atoms with Crippen LogP contribution in [-0.4, -0.2) is 36.9 Å². The summed E-state index contributed by atoms with van der Waals surface area (Å²) in [5, 5.41) is 9.27. The van der Waals surface area contributed by atoms with Crippen LogP contribution in [0.4, 0.5) is 4.39 Å². The molecule has 0 radical (unpaired) electrons. The molecule has 1 aliphatic heterocycles. The zero-order valence-corrected chi connectivity index (χ0v) is 12.8. The van der Waals surface area contributed by atoms with Crippen LogP contribution in [0.2, 0.25) is 0 Å². The van der Waals surface area contributed by atoms with Gasteiger partial charge in [0.15, 0.2) is 0 Å². The minimum atomic E-state index is -3.81. The van der Waals surface area contributed by atoms with Gasteiger partial charge in [-0.1, -0.05) is 0 Å². The molecule has 1 heterocycles. The second-order valence-electron chi connectivity index (χ2n) is 5.72. The first-order valence-electron chi connectivity index (χ1n) is 6.66. The molecule has 1 atom stereocenters. The average Bonchev–Trinajstić information content (AvgIpc) is 2.38. The first kappa shape index (κ1) is 15.9. The number of carboxylic acids is 1. The maximum Gasteiger partial charge on any atom is 0.310 e. The zero-order valence-electron chi connectivity index (χ0n) is 12.0. The summed E-state index contributed by atoms with van der Waals surface area (Å²) >= 11 is 0. The molecule has 5 nitrogen and oxygen atoms in total. The van der Waals surface area contributed by atoms with Crippen molar-refractivity contribution in [3.05, 3.63) is 29.6 Å². The Labute approximate surface area is 123 Å². The third kappa shape index (κ3) is 2.94. The van der Waals surface area contributed by atoms with E-state index in [-0.39, 0.29) is 18.0 Å². The lowest BCUT2D eigenvalue weighted by Crippen LogP contribution is -2.48. The third-order valence-corrected chi connectivity index (χ3v) is 5.94. The average molecular weight is 315 g/mol. The highest BCUT2D eigenvalue weighted by atomic mass is 32.2. The Balaban J connectivity index is 2.37. The molecular formula is C14H18FNO4S. The van der Waals surface area contributed by atoms with Crippen LogP contribution >= 0.6 is 0 Å². The van der Waals surface area contributed by atoms with Gasteiger partial charge in [-0.15, -0.1) is 0 Å². The summed E-state index contributed by atoms with van der Waals surface area (Å²) < 4.78 is 39.6. The third-order valence-electron chi connectivity index (χ3n) is 3.93. The molecular weight excluding hydrogens is 297 g/mol. The molecule has 1 aromatic rings. The van der Waals surface area contributed by atoms with E-state index in [0.717, 1.165) is 12.1 Å². The summed E-state index contributed by atoms with van der Waals surface area (Å²) in [6.07, 6.45) is 0.930. The van der Waals surface area contributed by atoms with E-state index < -0.39 is 27.2 Å². The molecule has 0 bridgehead atoms. The van der Waals surface area contributed by atoms with Crippen molar-refractivity contribution < 1.29 is 22.7 Å². The molecule has 0 spiro atoms. The smallest absolute Gasteiger partial charge is 0.310 e. The van der Waals surface area contributed by atoms with Crippen molar-refractivity contribution in [2.45, 2.75) is 31.6 Å². The fourth-order valence-electron chi connectivity index (χ4n) is 2.61. The van der Waals surface area contributed by atoms with E-state index in [4.69, 9.17) is 0 Å². The molecule has 1 N–H and O–H groups in total. The molecule has 0 saturated carbocycles. The minimum absolute atomic E-state index is 0.0264. The van der Waals surface area contributed by atoms with Gasteiger partial charge >= 0.3 is 5.97 Å². The molecule has 1 saturated heterocycles. The molecule has 0 aliphatic carbocycles. The molecule has 1 aliphatic rings. The van der Waals surface area contributed by atoms with Crippen molar-refractivity contribution in [1.29, 1.82) is 0 Å². The number of carbonyl (C=O) groups is 1. The van der Waals surface area contributed by atoms with Gasteiger partial charge < -0.3 is 5.11 Å². The summed E-state index contributed by atoms with van der Waals surface area (Å²) in [5.74, 6) is -1.50. The SMILES string of the molecule is Cc1cc(F)ccc1S(=O)(=O)N1CCCC(C)(C(=O)O)C1. The second-order valence-corrected chi connectivity index (χ2v) is 7.62. The Bertz CT molecular complexity index is 674. The first-order valence-corrected chi connectivity index (χ1v) is 8.10. The van der Waals surface area contributed by atoms with Gasteiger partial charge in [-0.05, 0) is 50.5 Å². The van der Waals surface area contributed by atoms with E-state index in [2.05, 4.69) is 0 Å². The van der Waals surface area contributed by atoms with Crippen LogP contribution in [0.25, 0.3) is 0 Å². The number of benzene rings is 1. The number of hydrogen-bond donors (Lipinski definition) is 1. The van der Waals surface area contributed by atoms with Crippen LogP contribution in [0.15, 0.2) is 23.1 Å². The van der Waals surface area contributed by atoms with Crippen molar-refractivity contribution in [3.63, 3.8) is 0 Å². The highest BCUT2D eigenvalue weighted by molar-refractivity contribution is 7.89. The van der Waals surface area contributed by atoms with Crippen LogP contribution in [0.3, 0.4) is 0 Å². The fourth-order valence-corrected chi connectivity index (χ4v) is 4.42. The quantitative estimate of drug-likeness (QED) is 0.926. The molecule has 1 unspecified atom stereocenters. The number of carboxylic acid groups (broad SMARTS) is 1. The molecule has 21 heavy (non-hydrogen) atoms. The number of nitrogens with zero attached hydrogens (tertiary/aromatic N) is 1. The summed E-state index contributed by atoms with van der Waals surface area (Å²) in [7, 11) is -3.81. The van der Waals surface area contributed by atoms with Crippen LogP contribution in [0.5, 0.6) is 0 Å². The van der Waals surface area contributed by atoms with Crippen molar-refractivity contribution in [2.24, 2.45) is 5.41 Å². The van der Waals surface area contributed by atoms with Gasteiger partial charge in [0.25, 0.3) is 0 Å². The van der Waals surface area contributed by atoms with E-state index in [1.54, 1.807) is 6.92 Å². The van der Waals surface area contributed by atoms with E-state index in [9.17, 15) is 22.7 Å². The lowest BCUT2D eigenvalue weighted by molar-refractivity contribution is -0.150. The van der Waals surface area contributed by atoms with E-state index in [1.165, 1.54) is 17.3 Å². The Morgan fingerprint density at radius 2 is 2.10 bits per heavy atom. The maximum absolute atomic E-state index is 13.1. The standard InChI is InChI=1S/C14H18FNO4S/c1-10-8-11(15)4-5-12(10)21(19,20)16-7-3-6-14(2,9-16)13(17)18/h4-5,8H,3,6-7,9H2,1-2H3,(H,17,18). The monoisotopic (exact) mass is 315 g/mol. The van der Waals surface area contributed by atoms with Gasteiger partial charge in [-0.3, -0.25) is 4.79 Å². The number of aliphatic carboxylic acids is 1. The summed E-state index contributed by atoms with van der Waals surface area (Å²) in [6.45, 7) is 3.29. The van der Waals surface area contributed by atoms with Crippen molar-refractivity contribution >= 4 is 16.0 Å². The van der Waals surface area contributed by atoms with E-state index in [1.807, 2.05) is 0 Å². The summed E-state index contributed by atoms with van der Waals surface area (Å²) in [5.41, 5.74) is -0.767. The molecule has 0 amide bonds. The summed E-state index contributed by atoms with van der Waals surface area (Å²) in [4.78, 5) is 11.4. The molecule has 2 rings (SSSR count). The number of rotatable bonds is 3. The number of halogens is 1. The molecule has 1 fully saturated rings. The van der Waals surface area contributed by atoms with Gasteiger partial charge in [-0.2, -0.15) is 4.31 Å². The van der Waals surface area contributed by atoms with Gasteiger partial charge in [-0.25, -0.2) is 12.8 Å². The highest BCUT2D eigenvalue weighted by Crippen LogP contribution is 2.33. The number of sulfonamides is 1. The van der Waals surface area contributed by atoms with E-state index in [0.29, 0.717) is 18.4 Å².